The van der Waals surface area contributed by atoms with Crippen LogP contribution in [0.4, 0.5) is 4.39 Å². The molecule has 0 spiro atoms. The normalized spacial score (nSPS) is 11.6. The van der Waals surface area contributed by atoms with Crippen LogP contribution in [0.3, 0.4) is 0 Å². The van der Waals surface area contributed by atoms with Crippen molar-refractivity contribution in [3.05, 3.63) is 66.0 Å². The Morgan fingerprint density at radius 1 is 1.35 bits per heavy atom. The number of ether oxygens (including phenoxy) is 1. The zero-order valence-electron chi connectivity index (χ0n) is 11.9. The molecule has 3 heteroatoms. The molecule has 106 valence electrons. The molecule has 1 rings (SSSR count). The molecule has 0 unspecified atom stereocenters. The number of rotatable bonds is 6. The predicted octanol–water partition coefficient (Wildman–Crippen LogP) is 4.29. The third-order valence-corrected chi connectivity index (χ3v) is 2.73. The van der Waals surface area contributed by atoms with Crippen LogP contribution in [-0.4, -0.2) is 12.6 Å². The van der Waals surface area contributed by atoms with E-state index in [1.807, 2.05) is 0 Å². The molecular formula is C17H19FO2. The van der Waals surface area contributed by atoms with Crippen molar-refractivity contribution in [1.29, 1.82) is 0 Å². The summed E-state index contributed by atoms with van der Waals surface area (Å²) >= 11 is 0. The minimum atomic E-state index is -0.394. The largest absolute Gasteiger partial charge is 0.463 e. The van der Waals surface area contributed by atoms with Gasteiger partial charge in [0.2, 0.25) is 0 Å². The molecule has 0 saturated carbocycles. The quantitative estimate of drug-likeness (QED) is 0.335. The molecule has 0 amide bonds. The van der Waals surface area contributed by atoms with Gasteiger partial charge >= 0.3 is 5.97 Å². The van der Waals surface area contributed by atoms with Gasteiger partial charge in [0.25, 0.3) is 0 Å². The van der Waals surface area contributed by atoms with Gasteiger partial charge in [-0.15, -0.1) is 6.58 Å². The molecule has 0 N–H and O–H groups in total. The minimum Gasteiger partial charge on any atom is -0.463 e. The molecule has 1 aromatic carbocycles. The van der Waals surface area contributed by atoms with Gasteiger partial charge in [0.15, 0.2) is 0 Å². The number of carbonyl (C=O) groups is 1. The van der Waals surface area contributed by atoms with E-state index in [1.165, 1.54) is 12.1 Å². The third kappa shape index (κ3) is 3.92. The zero-order chi connectivity index (χ0) is 15.1. The number of carbonyl (C=O) groups excluding carboxylic acids is 1. The van der Waals surface area contributed by atoms with Crippen molar-refractivity contribution in [2.45, 2.75) is 20.3 Å². The van der Waals surface area contributed by atoms with Crippen LogP contribution < -0.4 is 0 Å². The number of benzene rings is 1. The van der Waals surface area contributed by atoms with Crippen LogP contribution in [0.2, 0.25) is 0 Å². The second-order valence-electron chi connectivity index (χ2n) is 4.35. The number of esters is 1. The Bertz CT molecular complexity index is 539. The smallest absolute Gasteiger partial charge is 0.334 e. The topological polar surface area (TPSA) is 26.3 Å². The van der Waals surface area contributed by atoms with Gasteiger partial charge in [-0.25, -0.2) is 9.18 Å². The molecule has 0 aliphatic rings. The molecular weight excluding hydrogens is 255 g/mol. The molecule has 0 saturated heterocycles. The Hall–Kier alpha value is -2.16. The summed E-state index contributed by atoms with van der Waals surface area (Å²) in [6.45, 7) is 11.4. The van der Waals surface area contributed by atoms with E-state index in [9.17, 15) is 9.18 Å². The highest BCUT2D eigenvalue weighted by atomic mass is 19.1. The highest BCUT2D eigenvalue weighted by Crippen LogP contribution is 2.28. The van der Waals surface area contributed by atoms with E-state index >= 15 is 0 Å². The van der Waals surface area contributed by atoms with Gasteiger partial charge < -0.3 is 4.74 Å². The molecule has 0 radical (unpaired) electrons. The van der Waals surface area contributed by atoms with Crippen LogP contribution >= 0.6 is 0 Å². The maximum Gasteiger partial charge on any atom is 0.334 e. The summed E-state index contributed by atoms with van der Waals surface area (Å²) in [6.07, 6.45) is 2.01. The van der Waals surface area contributed by atoms with Crippen molar-refractivity contribution in [3.8, 4) is 0 Å². The van der Waals surface area contributed by atoms with Gasteiger partial charge in [0, 0.05) is 5.57 Å². The van der Waals surface area contributed by atoms with Crippen LogP contribution in [0.5, 0.6) is 0 Å². The molecule has 0 fully saturated rings. The molecule has 2 nitrogen and oxygen atoms in total. The summed E-state index contributed by atoms with van der Waals surface area (Å²) in [4.78, 5) is 12.1. The summed E-state index contributed by atoms with van der Waals surface area (Å²) in [6, 6.07) is 5.97. The van der Waals surface area contributed by atoms with Gasteiger partial charge in [-0.1, -0.05) is 24.8 Å². The summed E-state index contributed by atoms with van der Waals surface area (Å²) < 4.78 is 18.1. The van der Waals surface area contributed by atoms with E-state index in [2.05, 4.69) is 13.2 Å². The summed E-state index contributed by atoms with van der Waals surface area (Å²) in [5.74, 6) is -0.717. The number of hydrogen-bond acceptors (Lipinski definition) is 2. The van der Waals surface area contributed by atoms with Gasteiger partial charge in [0.1, 0.15) is 5.82 Å². The lowest BCUT2D eigenvalue weighted by Crippen LogP contribution is -2.10. The lowest BCUT2D eigenvalue weighted by Gasteiger charge is -2.14. The van der Waals surface area contributed by atoms with Crippen molar-refractivity contribution in [1.82, 2.24) is 0 Å². The van der Waals surface area contributed by atoms with E-state index in [1.54, 1.807) is 32.1 Å². The van der Waals surface area contributed by atoms with E-state index in [4.69, 9.17) is 4.74 Å². The van der Waals surface area contributed by atoms with Gasteiger partial charge in [-0.2, -0.15) is 0 Å². The van der Waals surface area contributed by atoms with Crippen molar-refractivity contribution in [2.75, 3.05) is 6.61 Å². The van der Waals surface area contributed by atoms with E-state index in [-0.39, 0.29) is 5.82 Å². The molecule has 0 aromatic heterocycles. The van der Waals surface area contributed by atoms with Crippen LogP contribution in [0.1, 0.15) is 25.8 Å². The summed E-state index contributed by atoms with van der Waals surface area (Å²) in [5, 5.41) is 0. The third-order valence-electron chi connectivity index (χ3n) is 2.73. The first kappa shape index (κ1) is 15.9. The molecule has 0 aliphatic heterocycles. The van der Waals surface area contributed by atoms with Crippen LogP contribution in [0, 0.1) is 5.82 Å². The molecule has 1 aromatic rings. The average Bonchev–Trinajstić information content (AvgIpc) is 2.40. The second kappa shape index (κ2) is 7.43. The van der Waals surface area contributed by atoms with Crippen molar-refractivity contribution in [2.24, 2.45) is 0 Å². The fourth-order valence-corrected chi connectivity index (χ4v) is 1.94. The van der Waals surface area contributed by atoms with Gasteiger partial charge in [-0.3, -0.25) is 0 Å². The lowest BCUT2D eigenvalue weighted by atomic mass is 9.93. The fourth-order valence-electron chi connectivity index (χ4n) is 1.94. The van der Waals surface area contributed by atoms with Crippen LogP contribution in [-0.2, 0) is 9.53 Å². The molecule has 20 heavy (non-hydrogen) atoms. The number of hydrogen-bond donors (Lipinski definition) is 0. The first-order valence-electron chi connectivity index (χ1n) is 6.44. The lowest BCUT2D eigenvalue weighted by molar-refractivity contribution is -0.138. The Morgan fingerprint density at radius 3 is 2.40 bits per heavy atom. The van der Waals surface area contributed by atoms with E-state index in [0.29, 0.717) is 24.2 Å². The zero-order valence-corrected chi connectivity index (χ0v) is 11.9. The standard InChI is InChI=1S/C17H19FO2/c1-5-7-15(17(19)20-6-2)16(12(3)4)13-8-10-14(18)11-9-13/h5,8-11H,1,3,6-7H2,2,4H3/b16-15+. The maximum atomic E-state index is 13.0. The van der Waals surface area contributed by atoms with Crippen LogP contribution in [0.25, 0.3) is 5.57 Å². The molecule has 0 heterocycles. The van der Waals surface area contributed by atoms with Gasteiger partial charge in [-0.05, 0) is 49.1 Å². The number of allylic oxidation sites excluding steroid dienone is 3. The summed E-state index contributed by atoms with van der Waals surface area (Å²) in [7, 11) is 0. The molecule has 0 aliphatic carbocycles. The van der Waals surface area contributed by atoms with Crippen molar-refractivity contribution < 1.29 is 13.9 Å². The molecule has 0 bridgehead atoms. The second-order valence-corrected chi connectivity index (χ2v) is 4.35. The minimum absolute atomic E-state index is 0.298. The van der Waals surface area contributed by atoms with Crippen molar-refractivity contribution >= 4 is 11.5 Å². The molecule has 0 atom stereocenters. The maximum absolute atomic E-state index is 13.0. The Kier molecular flexibility index (Phi) is 5.91. The average molecular weight is 274 g/mol. The van der Waals surface area contributed by atoms with E-state index in [0.717, 1.165) is 11.1 Å². The first-order chi connectivity index (χ1) is 9.51. The Balaban J connectivity index is 3.41. The predicted molar refractivity (Wildman–Crippen MR) is 79.6 cm³/mol. The van der Waals surface area contributed by atoms with Gasteiger partial charge in [0.05, 0.1) is 6.61 Å². The first-order valence-corrected chi connectivity index (χ1v) is 6.44. The Morgan fingerprint density at radius 2 is 1.95 bits per heavy atom. The Labute approximate surface area is 119 Å². The highest BCUT2D eigenvalue weighted by Gasteiger charge is 2.17. The van der Waals surface area contributed by atoms with Crippen LogP contribution in [0.15, 0.2) is 54.6 Å². The SMILES string of the molecule is C=CC/C(C(=O)OCC)=C(/C(=C)C)c1ccc(F)cc1. The fraction of sp³-hybridized carbons (Fsp3) is 0.235. The monoisotopic (exact) mass is 274 g/mol. The van der Waals surface area contributed by atoms with E-state index < -0.39 is 5.97 Å². The number of halogens is 1. The summed E-state index contributed by atoms with van der Waals surface area (Å²) in [5.41, 5.74) is 2.63. The highest BCUT2D eigenvalue weighted by molar-refractivity contribution is 6.01. The van der Waals surface area contributed by atoms with Crippen molar-refractivity contribution in [3.63, 3.8) is 0 Å².